The number of amides is 1. The SMILES string of the molecule is CC(=O)NC1(C(=O)S)C=CC=CC1N. The molecule has 5 heteroatoms. The Kier molecular flexibility index (Phi) is 3.13. The zero-order valence-corrected chi connectivity index (χ0v) is 8.62. The molecule has 2 unspecified atom stereocenters. The van der Waals surface area contributed by atoms with Crippen molar-refractivity contribution >= 4 is 23.7 Å². The maximum Gasteiger partial charge on any atom is 0.217 e. The first-order valence-corrected chi connectivity index (χ1v) is 4.57. The van der Waals surface area contributed by atoms with Gasteiger partial charge in [-0.2, -0.15) is 0 Å². The molecular formula is C9H12N2O2S. The average molecular weight is 212 g/mol. The minimum absolute atomic E-state index is 0.317. The van der Waals surface area contributed by atoms with Crippen LogP contribution in [0.3, 0.4) is 0 Å². The van der Waals surface area contributed by atoms with Crippen molar-refractivity contribution in [3.8, 4) is 0 Å². The smallest absolute Gasteiger partial charge is 0.217 e. The van der Waals surface area contributed by atoms with Gasteiger partial charge in [0, 0.05) is 6.92 Å². The van der Waals surface area contributed by atoms with Gasteiger partial charge in [0.15, 0.2) is 0 Å². The summed E-state index contributed by atoms with van der Waals surface area (Å²) in [6.07, 6.45) is 6.58. The molecule has 0 radical (unpaired) electrons. The van der Waals surface area contributed by atoms with Crippen LogP contribution in [0.15, 0.2) is 24.3 Å². The summed E-state index contributed by atoms with van der Waals surface area (Å²) in [6, 6.07) is -0.582. The molecule has 0 saturated heterocycles. The van der Waals surface area contributed by atoms with Crippen molar-refractivity contribution in [2.75, 3.05) is 0 Å². The number of hydrogen-bond acceptors (Lipinski definition) is 3. The second kappa shape index (κ2) is 3.98. The lowest BCUT2D eigenvalue weighted by molar-refractivity contribution is -0.125. The highest BCUT2D eigenvalue weighted by molar-refractivity contribution is 7.96. The first-order valence-electron chi connectivity index (χ1n) is 4.13. The minimum atomic E-state index is -1.20. The maximum atomic E-state index is 11.4. The first-order chi connectivity index (χ1) is 6.49. The molecule has 0 bridgehead atoms. The van der Waals surface area contributed by atoms with Gasteiger partial charge in [-0.15, -0.1) is 12.6 Å². The average Bonchev–Trinajstić information content (AvgIpc) is 2.08. The standard InChI is InChI=1S/C9H12N2O2S/c1-6(12)11-9(8(13)14)5-3-2-4-7(9)10/h2-5,7H,10H2,1H3,(H,11,12)(H,13,14). The van der Waals surface area contributed by atoms with Crippen LogP contribution in [0.25, 0.3) is 0 Å². The van der Waals surface area contributed by atoms with Crippen LogP contribution >= 0.6 is 12.6 Å². The highest BCUT2D eigenvalue weighted by Gasteiger charge is 2.40. The van der Waals surface area contributed by atoms with E-state index in [1.165, 1.54) is 6.92 Å². The van der Waals surface area contributed by atoms with Crippen molar-refractivity contribution in [3.63, 3.8) is 0 Å². The molecule has 4 nitrogen and oxygen atoms in total. The minimum Gasteiger partial charge on any atom is -0.338 e. The summed E-state index contributed by atoms with van der Waals surface area (Å²) in [5, 5.41) is 2.05. The van der Waals surface area contributed by atoms with Crippen LogP contribution in [0.4, 0.5) is 0 Å². The first kappa shape index (κ1) is 11.0. The topological polar surface area (TPSA) is 72.2 Å². The molecule has 1 aliphatic carbocycles. The molecule has 0 heterocycles. The summed E-state index contributed by atoms with van der Waals surface area (Å²) in [4.78, 5) is 22.3. The Balaban J connectivity index is 3.04. The third-order valence-corrected chi connectivity index (χ3v) is 2.42. The van der Waals surface area contributed by atoms with E-state index in [0.717, 1.165) is 0 Å². The molecule has 2 atom stereocenters. The molecule has 0 fully saturated rings. The van der Waals surface area contributed by atoms with Crippen LogP contribution < -0.4 is 11.1 Å². The summed E-state index contributed by atoms with van der Waals surface area (Å²) in [5.74, 6) is -0.317. The molecule has 14 heavy (non-hydrogen) atoms. The van der Waals surface area contributed by atoms with E-state index in [0.29, 0.717) is 0 Å². The number of nitrogens with two attached hydrogens (primary N) is 1. The highest BCUT2D eigenvalue weighted by atomic mass is 32.1. The summed E-state index contributed by atoms with van der Waals surface area (Å²) in [6.45, 7) is 1.33. The van der Waals surface area contributed by atoms with Crippen LogP contribution in [0, 0.1) is 0 Å². The van der Waals surface area contributed by atoms with Gasteiger partial charge in [0.25, 0.3) is 0 Å². The Morgan fingerprint density at radius 2 is 2.14 bits per heavy atom. The van der Waals surface area contributed by atoms with E-state index in [4.69, 9.17) is 5.73 Å². The van der Waals surface area contributed by atoms with Crippen LogP contribution in [-0.4, -0.2) is 22.6 Å². The van der Waals surface area contributed by atoms with E-state index in [1.54, 1.807) is 24.3 Å². The Hall–Kier alpha value is -1.07. The fourth-order valence-corrected chi connectivity index (χ4v) is 1.62. The van der Waals surface area contributed by atoms with Crippen molar-refractivity contribution < 1.29 is 9.59 Å². The van der Waals surface area contributed by atoms with Crippen LogP contribution in [0.5, 0.6) is 0 Å². The van der Waals surface area contributed by atoms with Gasteiger partial charge in [0.1, 0.15) is 5.54 Å². The Morgan fingerprint density at radius 3 is 2.57 bits per heavy atom. The molecule has 0 spiro atoms. The van der Waals surface area contributed by atoms with Crippen LogP contribution in [-0.2, 0) is 9.59 Å². The summed E-state index contributed by atoms with van der Waals surface area (Å²) < 4.78 is 0. The zero-order valence-electron chi connectivity index (χ0n) is 7.73. The summed E-state index contributed by atoms with van der Waals surface area (Å²) in [5.41, 5.74) is 4.54. The number of allylic oxidation sites excluding steroid dienone is 2. The van der Waals surface area contributed by atoms with Gasteiger partial charge >= 0.3 is 0 Å². The van der Waals surface area contributed by atoms with E-state index >= 15 is 0 Å². The number of carbonyl (C=O) groups excluding carboxylic acids is 2. The quantitative estimate of drug-likeness (QED) is 0.554. The lowest BCUT2D eigenvalue weighted by Gasteiger charge is -2.33. The molecule has 0 aromatic carbocycles. The molecule has 76 valence electrons. The van der Waals surface area contributed by atoms with Gasteiger partial charge in [-0.05, 0) is 6.08 Å². The summed E-state index contributed by atoms with van der Waals surface area (Å²) in [7, 11) is 0. The van der Waals surface area contributed by atoms with E-state index in [-0.39, 0.29) is 5.91 Å². The molecule has 1 rings (SSSR count). The van der Waals surface area contributed by atoms with Crippen molar-refractivity contribution in [2.24, 2.45) is 5.73 Å². The molecule has 0 saturated carbocycles. The lowest BCUT2D eigenvalue weighted by Crippen LogP contribution is -2.62. The van der Waals surface area contributed by atoms with Gasteiger partial charge < -0.3 is 11.1 Å². The molecular weight excluding hydrogens is 200 g/mol. The van der Waals surface area contributed by atoms with Gasteiger partial charge in [-0.25, -0.2) is 0 Å². The summed E-state index contributed by atoms with van der Waals surface area (Å²) >= 11 is 3.74. The van der Waals surface area contributed by atoms with E-state index in [1.807, 2.05) is 0 Å². The van der Waals surface area contributed by atoms with Crippen molar-refractivity contribution in [1.29, 1.82) is 0 Å². The van der Waals surface area contributed by atoms with Crippen LogP contribution in [0.2, 0.25) is 0 Å². The predicted octanol–water partition coefficient (Wildman–Crippen LogP) is -0.229. The lowest BCUT2D eigenvalue weighted by atomic mass is 9.88. The van der Waals surface area contributed by atoms with Crippen molar-refractivity contribution in [1.82, 2.24) is 5.32 Å². The number of thiol groups is 1. The Labute approximate surface area is 87.6 Å². The Bertz CT molecular complexity index is 325. The fourth-order valence-electron chi connectivity index (χ4n) is 1.34. The zero-order chi connectivity index (χ0) is 10.8. The Morgan fingerprint density at radius 1 is 1.50 bits per heavy atom. The molecule has 0 aromatic rings. The third kappa shape index (κ3) is 1.88. The normalized spacial score (nSPS) is 30.1. The van der Waals surface area contributed by atoms with E-state index in [2.05, 4.69) is 17.9 Å². The molecule has 0 aliphatic heterocycles. The molecule has 1 amide bonds. The number of hydrogen-bond donors (Lipinski definition) is 3. The van der Waals surface area contributed by atoms with Crippen LogP contribution in [0.1, 0.15) is 6.92 Å². The van der Waals surface area contributed by atoms with Gasteiger partial charge in [0.2, 0.25) is 11.0 Å². The van der Waals surface area contributed by atoms with Gasteiger partial charge in [-0.3, -0.25) is 9.59 Å². The second-order valence-electron chi connectivity index (χ2n) is 3.13. The van der Waals surface area contributed by atoms with Gasteiger partial charge in [0.05, 0.1) is 6.04 Å². The highest BCUT2D eigenvalue weighted by Crippen LogP contribution is 2.19. The number of rotatable bonds is 2. The van der Waals surface area contributed by atoms with E-state index < -0.39 is 16.7 Å². The predicted molar refractivity (Wildman–Crippen MR) is 56.8 cm³/mol. The monoisotopic (exact) mass is 212 g/mol. The molecule has 0 aromatic heterocycles. The molecule has 1 aliphatic rings. The molecule has 3 N–H and O–H groups in total. The largest absolute Gasteiger partial charge is 0.338 e. The maximum absolute atomic E-state index is 11.4. The van der Waals surface area contributed by atoms with E-state index in [9.17, 15) is 9.59 Å². The number of nitrogens with one attached hydrogen (secondary N) is 1. The van der Waals surface area contributed by atoms with Crippen molar-refractivity contribution in [3.05, 3.63) is 24.3 Å². The third-order valence-electron chi connectivity index (χ3n) is 2.05. The van der Waals surface area contributed by atoms with Crippen molar-refractivity contribution in [2.45, 2.75) is 18.5 Å². The number of carbonyl (C=O) groups is 2. The van der Waals surface area contributed by atoms with Gasteiger partial charge in [-0.1, -0.05) is 18.2 Å². The second-order valence-corrected chi connectivity index (χ2v) is 3.53. The fraction of sp³-hybridized carbons (Fsp3) is 0.333.